The molecular formula is C37H55NO7. The fraction of sp³-hybridized carbons (Fsp3) is 0.649. The van der Waals surface area contributed by atoms with Crippen LogP contribution in [0, 0.1) is 10.1 Å². The Kier molecular flexibility index (Phi) is 16.6. The Balaban J connectivity index is 1.66. The quantitative estimate of drug-likeness (QED) is 0.0525. The number of nitrogens with zero attached hydrogens (tertiary/aromatic N) is 1. The van der Waals surface area contributed by atoms with Crippen molar-refractivity contribution in [3.05, 3.63) is 75.8 Å². The van der Waals surface area contributed by atoms with Gasteiger partial charge in [0, 0.05) is 12.1 Å². The van der Waals surface area contributed by atoms with Crippen LogP contribution in [-0.2, 0) is 25.6 Å². The smallest absolute Gasteiger partial charge is 0.338 e. The van der Waals surface area contributed by atoms with E-state index in [1.54, 1.807) is 0 Å². The van der Waals surface area contributed by atoms with Crippen LogP contribution < -0.4 is 0 Å². The molecule has 3 atom stereocenters. The first-order valence-corrected chi connectivity index (χ1v) is 17.3. The molecule has 0 bridgehead atoms. The van der Waals surface area contributed by atoms with Crippen molar-refractivity contribution in [2.45, 2.75) is 148 Å². The molecule has 1 heterocycles. The molecule has 3 rings (SSSR count). The van der Waals surface area contributed by atoms with Gasteiger partial charge in [0.05, 0.1) is 23.7 Å². The molecule has 0 aromatic heterocycles. The van der Waals surface area contributed by atoms with Gasteiger partial charge in [0.2, 0.25) is 0 Å². The molecule has 0 N–H and O–H groups in total. The number of carbonyl (C=O) groups is 1. The molecule has 1 aliphatic rings. The summed E-state index contributed by atoms with van der Waals surface area (Å²) in [6.07, 6.45) is 15.4. The van der Waals surface area contributed by atoms with Crippen LogP contribution in [0.2, 0.25) is 0 Å². The van der Waals surface area contributed by atoms with Crippen LogP contribution in [0.15, 0.2) is 54.6 Å². The van der Waals surface area contributed by atoms with Crippen LogP contribution in [0.3, 0.4) is 0 Å². The number of nitro groups is 1. The normalized spacial score (nSPS) is 17.2. The standard InChI is InChI=1S/C37H55NO7/c1-4-7-8-9-10-11-12-13-14-15-16-20-23-33(44-36(39)31-24-26-32(27-25-31)38(40)41)35(42-28-30-21-18-17-19-22-30)34-29-43-37(5-2,6-3)45-34/h17-19,21-22,24-27,33-35H,4-16,20,23,28-29H2,1-3H3/t33-,34-,35-/m1/s1. The third-order valence-corrected chi connectivity index (χ3v) is 8.89. The lowest BCUT2D eigenvalue weighted by Gasteiger charge is -2.32. The first-order valence-electron chi connectivity index (χ1n) is 17.3. The zero-order valence-corrected chi connectivity index (χ0v) is 27.8. The lowest BCUT2D eigenvalue weighted by molar-refractivity contribution is -0.384. The minimum absolute atomic E-state index is 0.0735. The maximum Gasteiger partial charge on any atom is 0.338 e. The second-order valence-corrected chi connectivity index (χ2v) is 12.3. The number of carbonyl (C=O) groups excluding carboxylic acids is 1. The fourth-order valence-electron chi connectivity index (χ4n) is 5.98. The van der Waals surface area contributed by atoms with Crippen molar-refractivity contribution >= 4 is 11.7 Å². The topological polar surface area (TPSA) is 97.1 Å². The van der Waals surface area contributed by atoms with Crippen LogP contribution in [0.5, 0.6) is 0 Å². The Bertz CT molecular complexity index is 1100. The summed E-state index contributed by atoms with van der Waals surface area (Å²) < 4.78 is 25.4. The number of unbranched alkanes of at least 4 members (excludes halogenated alkanes) is 11. The average Bonchev–Trinajstić information content (AvgIpc) is 3.50. The molecule has 0 amide bonds. The molecule has 8 nitrogen and oxygen atoms in total. The molecular weight excluding hydrogens is 570 g/mol. The van der Waals surface area contributed by atoms with Crippen LogP contribution >= 0.6 is 0 Å². The van der Waals surface area contributed by atoms with E-state index < -0.39 is 35.0 Å². The van der Waals surface area contributed by atoms with E-state index in [2.05, 4.69) is 6.92 Å². The number of nitro benzene ring substituents is 1. The minimum Gasteiger partial charge on any atom is -0.456 e. The van der Waals surface area contributed by atoms with Gasteiger partial charge in [-0.25, -0.2) is 4.79 Å². The second kappa shape index (κ2) is 20.3. The van der Waals surface area contributed by atoms with Gasteiger partial charge in [0.15, 0.2) is 5.79 Å². The molecule has 2 aromatic carbocycles. The highest BCUT2D eigenvalue weighted by Gasteiger charge is 2.45. The first-order chi connectivity index (χ1) is 21.9. The SMILES string of the molecule is CCCCCCCCCCCCCC[C@@H](OC(=O)c1ccc([N+](=O)[O-])cc1)[C@@H](OCc1ccccc1)[C@H]1COC(CC)(CC)O1. The van der Waals surface area contributed by atoms with E-state index in [0.29, 0.717) is 32.5 Å². The third-order valence-electron chi connectivity index (χ3n) is 8.89. The monoisotopic (exact) mass is 625 g/mol. The largest absolute Gasteiger partial charge is 0.456 e. The highest BCUT2D eigenvalue weighted by molar-refractivity contribution is 5.89. The summed E-state index contributed by atoms with van der Waals surface area (Å²) in [7, 11) is 0. The Morgan fingerprint density at radius 2 is 1.44 bits per heavy atom. The van der Waals surface area contributed by atoms with Gasteiger partial charge in [-0.3, -0.25) is 10.1 Å². The van der Waals surface area contributed by atoms with E-state index in [9.17, 15) is 14.9 Å². The predicted octanol–water partition coefficient (Wildman–Crippen LogP) is 9.73. The lowest BCUT2D eigenvalue weighted by Crippen LogP contribution is -2.44. The van der Waals surface area contributed by atoms with Gasteiger partial charge in [-0.2, -0.15) is 0 Å². The molecule has 1 fully saturated rings. The molecule has 0 aliphatic carbocycles. The average molecular weight is 626 g/mol. The maximum atomic E-state index is 13.4. The van der Waals surface area contributed by atoms with Crippen LogP contribution in [0.25, 0.3) is 0 Å². The van der Waals surface area contributed by atoms with E-state index >= 15 is 0 Å². The van der Waals surface area contributed by atoms with E-state index in [-0.39, 0.29) is 11.3 Å². The summed E-state index contributed by atoms with van der Waals surface area (Å²) in [5.74, 6) is -1.21. The highest BCUT2D eigenvalue weighted by Crippen LogP contribution is 2.34. The van der Waals surface area contributed by atoms with Crippen molar-refractivity contribution in [1.29, 1.82) is 0 Å². The van der Waals surface area contributed by atoms with Crippen molar-refractivity contribution in [2.24, 2.45) is 0 Å². The summed E-state index contributed by atoms with van der Waals surface area (Å²) in [6, 6.07) is 15.5. The molecule has 250 valence electrons. The number of ether oxygens (including phenoxy) is 4. The van der Waals surface area contributed by atoms with E-state index in [0.717, 1.165) is 24.8 Å². The van der Waals surface area contributed by atoms with Gasteiger partial charge in [0.25, 0.3) is 5.69 Å². The number of benzene rings is 2. The molecule has 1 saturated heterocycles. The number of hydrogen-bond donors (Lipinski definition) is 0. The number of hydrogen-bond acceptors (Lipinski definition) is 7. The Morgan fingerprint density at radius 3 is 1.98 bits per heavy atom. The summed E-state index contributed by atoms with van der Waals surface area (Å²) >= 11 is 0. The van der Waals surface area contributed by atoms with Crippen LogP contribution in [0.4, 0.5) is 5.69 Å². The molecule has 0 spiro atoms. The molecule has 0 unspecified atom stereocenters. The predicted molar refractivity (Wildman–Crippen MR) is 177 cm³/mol. The van der Waals surface area contributed by atoms with Gasteiger partial charge in [-0.05, 0) is 43.4 Å². The van der Waals surface area contributed by atoms with Gasteiger partial charge < -0.3 is 18.9 Å². The highest BCUT2D eigenvalue weighted by atomic mass is 16.8. The Morgan fingerprint density at radius 1 is 0.867 bits per heavy atom. The first kappa shape index (κ1) is 36.7. The second-order valence-electron chi connectivity index (χ2n) is 12.3. The summed E-state index contributed by atoms with van der Waals surface area (Å²) in [5, 5.41) is 11.1. The minimum atomic E-state index is -0.679. The molecule has 0 saturated carbocycles. The molecule has 2 aromatic rings. The summed E-state index contributed by atoms with van der Waals surface area (Å²) in [5.41, 5.74) is 1.21. The van der Waals surface area contributed by atoms with Gasteiger partial charge in [0.1, 0.15) is 18.3 Å². The third kappa shape index (κ3) is 12.5. The Hall–Kier alpha value is -2.81. The maximum absolute atomic E-state index is 13.4. The Labute approximate surface area is 270 Å². The van der Waals surface area contributed by atoms with Gasteiger partial charge in [-0.1, -0.05) is 122 Å². The molecule has 0 radical (unpaired) electrons. The van der Waals surface area contributed by atoms with Crippen molar-refractivity contribution in [3.8, 4) is 0 Å². The van der Waals surface area contributed by atoms with Gasteiger partial charge >= 0.3 is 5.97 Å². The zero-order chi connectivity index (χ0) is 32.3. The summed E-state index contributed by atoms with van der Waals surface area (Å²) in [4.78, 5) is 24.0. The number of non-ortho nitro benzene ring substituents is 1. The zero-order valence-electron chi connectivity index (χ0n) is 27.8. The van der Waals surface area contributed by atoms with E-state index in [1.807, 2.05) is 44.2 Å². The fourth-order valence-corrected chi connectivity index (χ4v) is 5.98. The van der Waals surface area contributed by atoms with Crippen molar-refractivity contribution < 1.29 is 28.7 Å². The van der Waals surface area contributed by atoms with Gasteiger partial charge in [-0.15, -0.1) is 0 Å². The molecule has 45 heavy (non-hydrogen) atoms. The number of rotatable bonds is 23. The lowest BCUT2D eigenvalue weighted by atomic mass is 9.99. The van der Waals surface area contributed by atoms with E-state index in [1.165, 1.54) is 82.1 Å². The molecule has 1 aliphatic heterocycles. The summed E-state index contributed by atoms with van der Waals surface area (Å²) in [6.45, 7) is 7.05. The van der Waals surface area contributed by atoms with Crippen molar-refractivity contribution in [2.75, 3.05) is 6.61 Å². The number of esters is 1. The molecule has 8 heteroatoms. The van der Waals surface area contributed by atoms with E-state index in [4.69, 9.17) is 18.9 Å². The van der Waals surface area contributed by atoms with Crippen LogP contribution in [-0.4, -0.2) is 41.6 Å². The van der Waals surface area contributed by atoms with Crippen molar-refractivity contribution in [1.82, 2.24) is 0 Å². The van der Waals surface area contributed by atoms with Crippen molar-refractivity contribution in [3.63, 3.8) is 0 Å². The van der Waals surface area contributed by atoms with Crippen LogP contribution in [0.1, 0.15) is 133 Å².